The maximum absolute atomic E-state index is 13.8. The third-order valence-electron chi connectivity index (χ3n) is 2.92. The van der Waals surface area contributed by atoms with Gasteiger partial charge in [-0.05, 0) is 51.7 Å². The van der Waals surface area contributed by atoms with Crippen LogP contribution in [0, 0.1) is 5.82 Å². The SMILES string of the molecule is CCNC(CCN(C)C)Cc1cccc(Cl)c1F. The molecule has 0 aromatic heterocycles. The lowest BCUT2D eigenvalue weighted by atomic mass is 10.0. The first-order chi connectivity index (χ1) is 8.54. The number of nitrogens with one attached hydrogen (secondary N) is 1. The fourth-order valence-corrected chi connectivity index (χ4v) is 2.14. The van der Waals surface area contributed by atoms with Gasteiger partial charge in [-0.15, -0.1) is 0 Å². The standard InChI is InChI=1S/C14H22ClFN2/c1-4-17-12(8-9-18(2)3)10-11-6-5-7-13(15)14(11)16/h5-7,12,17H,4,8-10H2,1-3H3. The van der Waals surface area contributed by atoms with Gasteiger partial charge in [0.2, 0.25) is 0 Å². The Balaban J connectivity index is 2.67. The zero-order valence-electron chi connectivity index (χ0n) is 11.3. The van der Waals surface area contributed by atoms with E-state index in [1.54, 1.807) is 18.2 Å². The molecule has 0 radical (unpaired) electrons. The number of hydrogen-bond donors (Lipinski definition) is 1. The van der Waals surface area contributed by atoms with Gasteiger partial charge in [-0.25, -0.2) is 4.39 Å². The third-order valence-corrected chi connectivity index (χ3v) is 3.21. The lowest BCUT2D eigenvalue weighted by molar-refractivity contribution is 0.357. The molecule has 18 heavy (non-hydrogen) atoms. The topological polar surface area (TPSA) is 15.3 Å². The minimum absolute atomic E-state index is 0.204. The summed E-state index contributed by atoms with van der Waals surface area (Å²) in [5, 5.41) is 3.60. The van der Waals surface area contributed by atoms with Gasteiger partial charge in [0.15, 0.2) is 0 Å². The first-order valence-corrected chi connectivity index (χ1v) is 6.73. The van der Waals surface area contributed by atoms with Crippen LogP contribution >= 0.6 is 11.6 Å². The quantitative estimate of drug-likeness (QED) is 0.821. The Morgan fingerprint density at radius 1 is 1.39 bits per heavy atom. The fraction of sp³-hybridized carbons (Fsp3) is 0.571. The van der Waals surface area contributed by atoms with Crippen molar-refractivity contribution in [3.8, 4) is 0 Å². The highest BCUT2D eigenvalue weighted by atomic mass is 35.5. The Labute approximate surface area is 114 Å². The summed E-state index contributed by atoms with van der Waals surface area (Å²) in [4.78, 5) is 2.14. The summed E-state index contributed by atoms with van der Waals surface area (Å²) in [6.07, 6.45) is 1.67. The molecule has 0 saturated carbocycles. The molecule has 1 rings (SSSR count). The van der Waals surface area contributed by atoms with E-state index in [-0.39, 0.29) is 16.9 Å². The molecule has 0 spiro atoms. The van der Waals surface area contributed by atoms with Gasteiger partial charge in [0.05, 0.1) is 5.02 Å². The van der Waals surface area contributed by atoms with E-state index in [4.69, 9.17) is 11.6 Å². The van der Waals surface area contributed by atoms with Crippen molar-refractivity contribution in [3.05, 3.63) is 34.6 Å². The highest BCUT2D eigenvalue weighted by Crippen LogP contribution is 2.19. The first-order valence-electron chi connectivity index (χ1n) is 6.35. The molecular formula is C14H22ClFN2. The average molecular weight is 273 g/mol. The summed E-state index contributed by atoms with van der Waals surface area (Å²) >= 11 is 5.80. The second-order valence-electron chi connectivity index (χ2n) is 4.76. The summed E-state index contributed by atoms with van der Waals surface area (Å²) in [6.45, 7) is 3.94. The van der Waals surface area contributed by atoms with Gasteiger partial charge in [0, 0.05) is 6.04 Å². The van der Waals surface area contributed by atoms with E-state index in [1.165, 1.54) is 0 Å². The predicted octanol–water partition coefficient (Wildman–Crippen LogP) is 2.95. The summed E-state index contributed by atoms with van der Waals surface area (Å²) in [6, 6.07) is 5.48. The van der Waals surface area contributed by atoms with E-state index >= 15 is 0 Å². The Morgan fingerprint density at radius 2 is 2.11 bits per heavy atom. The molecule has 4 heteroatoms. The van der Waals surface area contributed by atoms with E-state index in [2.05, 4.69) is 17.1 Å². The fourth-order valence-electron chi connectivity index (χ4n) is 1.95. The number of halogens is 2. The van der Waals surface area contributed by atoms with Gasteiger partial charge < -0.3 is 10.2 Å². The van der Waals surface area contributed by atoms with E-state index < -0.39 is 0 Å². The van der Waals surface area contributed by atoms with Crippen LogP contribution in [-0.2, 0) is 6.42 Å². The molecular weight excluding hydrogens is 251 g/mol. The highest BCUT2D eigenvalue weighted by Gasteiger charge is 2.13. The molecule has 1 N–H and O–H groups in total. The van der Waals surface area contributed by atoms with Crippen LogP contribution in [0.5, 0.6) is 0 Å². The zero-order valence-corrected chi connectivity index (χ0v) is 12.1. The molecule has 1 aromatic rings. The molecule has 0 heterocycles. The Morgan fingerprint density at radius 3 is 2.72 bits per heavy atom. The van der Waals surface area contributed by atoms with Crippen molar-refractivity contribution in [2.24, 2.45) is 0 Å². The average Bonchev–Trinajstić information content (AvgIpc) is 2.32. The minimum atomic E-state index is -0.285. The van der Waals surface area contributed by atoms with Crippen molar-refractivity contribution < 1.29 is 4.39 Å². The van der Waals surface area contributed by atoms with Crippen LogP contribution in [0.1, 0.15) is 18.9 Å². The molecule has 2 nitrogen and oxygen atoms in total. The molecule has 102 valence electrons. The minimum Gasteiger partial charge on any atom is -0.314 e. The number of nitrogens with zero attached hydrogens (tertiary/aromatic N) is 1. The number of hydrogen-bond acceptors (Lipinski definition) is 2. The third kappa shape index (κ3) is 4.92. The second-order valence-corrected chi connectivity index (χ2v) is 5.17. The summed E-state index contributed by atoms with van der Waals surface area (Å²) in [5.41, 5.74) is 0.687. The number of benzene rings is 1. The number of rotatable bonds is 7. The van der Waals surface area contributed by atoms with Gasteiger partial charge in [0.25, 0.3) is 0 Å². The smallest absolute Gasteiger partial charge is 0.145 e. The largest absolute Gasteiger partial charge is 0.314 e. The molecule has 0 bridgehead atoms. The lowest BCUT2D eigenvalue weighted by Gasteiger charge is -2.20. The van der Waals surface area contributed by atoms with E-state index in [0.29, 0.717) is 12.0 Å². The molecule has 0 aliphatic rings. The van der Waals surface area contributed by atoms with Gasteiger partial charge in [0.1, 0.15) is 5.82 Å². The highest BCUT2D eigenvalue weighted by molar-refractivity contribution is 6.30. The van der Waals surface area contributed by atoms with Crippen molar-refractivity contribution >= 4 is 11.6 Å². The molecule has 0 aliphatic heterocycles. The molecule has 0 saturated heterocycles. The van der Waals surface area contributed by atoms with E-state index in [0.717, 1.165) is 19.5 Å². The summed E-state index contributed by atoms with van der Waals surface area (Å²) < 4.78 is 13.8. The van der Waals surface area contributed by atoms with Gasteiger partial charge in [-0.1, -0.05) is 30.7 Å². The monoisotopic (exact) mass is 272 g/mol. The second kappa shape index (κ2) is 7.72. The van der Waals surface area contributed by atoms with Crippen LogP contribution in [0.2, 0.25) is 5.02 Å². The van der Waals surface area contributed by atoms with Crippen molar-refractivity contribution in [1.82, 2.24) is 10.2 Å². The Hall–Kier alpha value is -0.640. The van der Waals surface area contributed by atoms with E-state index in [1.807, 2.05) is 14.1 Å². The maximum atomic E-state index is 13.8. The molecule has 0 fully saturated rings. The van der Waals surface area contributed by atoms with Crippen LogP contribution in [0.25, 0.3) is 0 Å². The molecule has 0 aliphatic carbocycles. The predicted molar refractivity (Wildman–Crippen MR) is 75.7 cm³/mol. The Bertz CT molecular complexity index is 369. The van der Waals surface area contributed by atoms with Crippen LogP contribution in [0.15, 0.2) is 18.2 Å². The normalized spacial score (nSPS) is 13.0. The van der Waals surface area contributed by atoms with Crippen molar-refractivity contribution in [1.29, 1.82) is 0 Å². The van der Waals surface area contributed by atoms with E-state index in [9.17, 15) is 4.39 Å². The van der Waals surface area contributed by atoms with Crippen molar-refractivity contribution in [2.75, 3.05) is 27.2 Å². The van der Waals surface area contributed by atoms with Crippen LogP contribution in [-0.4, -0.2) is 38.1 Å². The van der Waals surface area contributed by atoms with Crippen LogP contribution in [0.4, 0.5) is 4.39 Å². The summed E-state index contributed by atoms with van der Waals surface area (Å²) in [7, 11) is 4.09. The molecule has 0 amide bonds. The zero-order chi connectivity index (χ0) is 13.5. The van der Waals surface area contributed by atoms with Crippen molar-refractivity contribution in [3.63, 3.8) is 0 Å². The van der Waals surface area contributed by atoms with Crippen molar-refractivity contribution in [2.45, 2.75) is 25.8 Å². The van der Waals surface area contributed by atoms with Gasteiger partial charge in [-0.2, -0.15) is 0 Å². The first kappa shape index (κ1) is 15.4. The number of likely N-dealkylation sites (N-methyl/N-ethyl adjacent to an activating group) is 1. The van der Waals surface area contributed by atoms with Crippen LogP contribution in [0.3, 0.4) is 0 Å². The van der Waals surface area contributed by atoms with Gasteiger partial charge in [-0.3, -0.25) is 0 Å². The Kier molecular flexibility index (Phi) is 6.61. The summed E-state index contributed by atoms with van der Waals surface area (Å²) in [5.74, 6) is -0.285. The molecule has 1 aromatic carbocycles. The van der Waals surface area contributed by atoms with Gasteiger partial charge >= 0.3 is 0 Å². The molecule has 1 atom stereocenters. The molecule has 1 unspecified atom stereocenters. The lowest BCUT2D eigenvalue weighted by Crippen LogP contribution is -2.34. The van der Waals surface area contributed by atoms with Crippen LogP contribution < -0.4 is 5.32 Å². The maximum Gasteiger partial charge on any atom is 0.145 e.